The zero-order valence-corrected chi connectivity index (χ0v) is 75.7. The minimum atomic E-state index is -0.745. The van der Waals surface area contributed by atoms with E-state index in [0.717, 1.165) is 224 Å². The molecule has 3 atom stereocenters. The minimum absolute atomic E-state index is 0.0341. The monoisotopic (exact) mass is 1710 g/mol. The van der Waals surface area contributed by atoms with Crippen LogP contribution >= 0.6 is 0 Å². The van der Waals surface area contributed by atoms with E-state index in [2.05, 4.69) is 184 Å². The number of Topliss-reactive ketones (excluding diaryl/α,β-unsaturated/α-hetero) is 3. The SMILES string of the molecule is CC(=O)[C@@H](OC(C)(C)C)c1c(C)cc2cc(-c3ccc(-c4cncnc4)cc3)ccc2c1-c1ccc2c3c(ccnc13)CCO2.CC(=O)[C@@H](OC(C)(C)C)c1c(C)cc2cc(C#Cc3cncnc3)ccc2c1-c1ccc2c3c(ccnc13)CCO2.CNc1ccc(-c2ccc3c(-c4ccc5c6c(ccnc46)CCO5)c([C@H](OC(C)(C)C)C(C)=O)c(C)cc3c2)cc1C=N. The Balaban J connectivity index is 0.000000136. The van der Waals surface area contributed by atoms with Gasteiger partial charge in [0.25, 0.3) is 0 Å². The van der Waals surface area contributed by atoms with Crippen LogP contribution in [0.2, 0.25) is 0 Å². The molecule has 16 aromatic rings. The molecule has 0 saturated carbocycles. The Hall–Kier alpha value is -14.1. The number of benzene rings is 11. The van der Waals surface area contributed by atoms with Gasteiger partial charge in [0.05, 0.1) is 58.7 Å². The lowest BCUT2D eigenvalue weighted by atomic mass is 9.84. The van der Waals surface area contributed by atoms with Crippen LogP contribution in [0.15, 0.2) is 226 Å². The first-order valence-corrected chi connectivity index (χ1v) is 43.8. The molecule has 2 N–H and O–H groups in total. The molecule has 0 saturated heterocycles. The number of anilines is 1. The molecule has 19 rings (SSSR count). The molecule has 129 heavy (non-hydrogen) atoms. The number of fused-ring (bicyclic) bond motifs is 3. The summed E-state index contributed by atoms with van der Waals surface area (Å²) >= 11 is 0. The summed E-state index contributed by atoms with van der Waals surface area (Å²) in [5.74, 6) is 8.79. The third kappa shape index (κ3) is 17.8. The summed E-state index contributed by atoms with van der Waals surface area (Å²) in [7, 11) is 1.86. The normalized spacial score (nSPS) is 13.5. The number of pyridine rings is 3. The number of nitrogens with zero attached hydrogens (tertiary/aromatic N) is 7. The van der Waals surface area contributed by atoms with Gasteiger partial charge in [0.1, 0.15) is 48.2 Å². The van der Waals surface area contributed by atoms with E-state index in [-0.39, 0.29) is 17.3 Å². The van der Waals surface area contributed by atoms with Gasteiger partial charge >= 0.3 is 0 Å². The van der Waals surface area contributed by atoms with E-state index < -0.39 is 35.1 Å². The van der Waals surface area contributed by atoms with Gasteiger partial charge in [0.15, 0.2) is 17.3 Å². The fourth-order valence-corrected chi connectivity index (χ4v) is 18.3. The number of carbonyl (C=O) groups is 3. The van der Waals surface area contributed by atoms with E-state index in [0.29, 0.717) is 19.8 Å². The number of hydrogen-bond donors (Lipinski definition) is 2. The highest BCUT2D eigenvalue weighted by Crippen LogP contribution is 2.51. The Morgan fingerprint density at radius 2 is 0.744 bits per heavy atom. The van der Waals surface area contributed by atoms with Crippen molar-refractivity contribution in [2.45, 2.75) is 158 Å². The van der Waals surface area contributed by atoms with Crippen LogP contribution in [-0.2, 0) is 47.9 Å². The van der Waals surface area contributed by atoms with Crippen molar-refractivity contribution < 1.29 is 42.8 Å². The standard InChI is InChI=1S/C39H35N3O3.C37H37N3O3.C35H31N3O3/c1-23-18-29-19-28(25-6-8-26(9-7-25)30-20-40-22-41-21-30)10-11-31(29)36(34(23)38(24(2)43)45-39(3,4)5)32-12-13-33-35-27(15-17-44-33)14-16-42-37(32)35;1-21-17-26-18-24(25-8-11-30(39-6)27(19-25)20-38)7-9-28(26)34(32(21)36(22(2)41)43-37(3,4)5)29-10-12-31-33-23(14-16-42-31)13-15-40-35(29)33;1-21-16-26-17-23(6-7-24-18-36-20-37-19-24)8-9-27(26)32(30(21)34(22(2)39)41-35(3,4)5)28-10-11-29-31-25(13-15-40-29)12-14-38-33(28)31/h6-14,16,18-22,38H,15,17H2,1-5H3;7-13,15,17-20,36,38-39H,14,16H2,1-6H3;8-12,14,16-20,34H,13,15H2,1-5H3/t38-;36-;34-/m111/s1. The maximum Gasteiger partial charge on any atom is 0.163 e. The lowest BCUT2D eigenvalue weighted by Gasteiger charge is -2.30. The summed E-state index contributed by atoms with van der Waals surface area (Å²) in [6, 6.07) is 58.7. The average Bonchev–Trinajstić information content (AvgIpc) is 0.737. The molecule has 0 radical (unpaired) electrons. The summed E-state index contributed by atoms with van der Waals surface area (Å²) in [4.78, 5) is 70.9. The van der Waals surface area contributed by atoms with Crippen molar-refractivity contribution in [1.82, 2.24) is 34.9 Å². The lowest BCUT2D eigenvalue weighted by Crippen LogP contribution is -2.27. The summed E-state index contributed by atoms with van der Waals surface area (Å²) in [6.45, 7) is 30.8. The van der Waals surface area contributed by atoms with Gasteiger partial charge in [-0.05, 0) is 322 Å². The second kappa shape index (κ2) is 35.6. The summed E-state index contributed by atoms with van der Waals surface area (Å²) in [6.07, 6.45) is 17.3. The van der Waals surface area contributed by atoms with Gasteiger partial charge in [0.2, 0.25) is 0 Å². The van der Waals surface area contributed by atoms with Crippen molar-refractivity contribution in [3.63, 3.8) is 0 Å². The van der Waals surface area contributed by atoms with Gasteiger partial charge in [-0.15, -0.1) is 0 Å². The van der Waals surface area contributed by atoms with Crippen LogP contribution in [0.25, 0.3) is 132 Å². The van der Waals surface area contributed by atoms with Crippen LogP contribution < -0.4 is 19.5 Å². The number of hydrogen-bond acceptors (Lipinski definition) is 18. The van der Waals surface area contributed by atoms with Gasteiger partial charge < -0.3 is 39.1 Å². The van der Waals surface area contributed by atoms with Crippen molar-refractivity contribution in [2.24, 2.45) is 0 Å². The number of carbonyl (C=O) groups excluding carboxylic acids is 3. The topological polar surface area (TPSA) is 233 Å². The fraction of sp³-hybridized carbons (Fsp3) is 0.252. The van der Waals surface area contributed by atoms with Crippen molar-refractivity contribution >= 4 is 94.3 Å². The van der Waals surface area contributed by atoms with Gasteiger partial charge in [-0.1, -0.05) is 90.7 Å². The van der Waals surface area contributed by atoms with Gasteiger partial charge in [-0.2, -0.15) is 0 Å². The molecule has 11 aromatic carbocycles. The first-order chi connectivity index (χ1) is 62.0. The quantitative estimate of drug-likeness (QED) is 0.0637. The van der Waals surface area contributed by atoms with Gasteiger partial charge in [-0.25, -0.2) is 19.9 Å². The third-order valence-corrected chi connectivity index (χ3v) is 23.8. The molecule has 3 aliphatic rings. The van der Waals surface area contributed by atoms with E-state index >= 15 is 0 Å². The van der Waals surface area contributed by atoms with Crippen molar-refractivity contribution in [1.29, 1.82) is 5.41 Å². The Labute approximate surface area is 751 Å². The van der Waals surface area contributed by atoms with E-state index in [1.54, 1.807) is 33.2 Å². The summed E-state index contributed by atoms with van der Waals surface area (Å²) in [5.41, 5.74) is 25.7. The number of nitrogens with one attached hydrogen (secondary N) is 2. The Bertz CT molecular complexity index is 7210. The third-order valence-electron chi connectivity index (χ3n) is 23.8. The van der Waals surface area contributed by atoms with E-state index in [4.69, 9.17) is 48.8 Å². The molecule has 8 heterocycles. The average molecular weight is 1710 g/mol. The predicted molar refractivity (Wildman–Crippen MR) is 516 cm³/mol. The van der Waals surface area contributed by atoms with Gasteiger partial charge in [0, 0.05) is 131 Å². The predicted octanol–water partition coefficient (Wildman–Crippen LogP) is 24.3. The number of rotatable bonds is 17. The maximum absolute atomic E-state index is 13.3. The molecule has 3 aliphatic heterocycles. The Kier molecular flexibility index (Phi) is 24.0. The largest absolute Gasteiger partial charge is 0.493 e. The summed E-state index contributed by atoms with van der Waals surface area (Å²) < 4.78 is 37.6. The molecule has 646 valence electrons. The van der Waals surface area contributed by atoms with Crippen molar-refractivity contribution in [3.8, 4) is 95.9 Å². The number of aryl methyl sites for hydroxylation is 3. The molecular formula is C111H103N9O9. The molecular weight excluding hydrogens is 1600 g/mol. The minimum Gasteiger partial charge on any atom is -0.493 e. The highest BCUT2D eigenvalue weighted by atomic mass is 16.5. The smallest absolute Gasteiger partial charge is 0.163 e. The Morgan fingerprint density at radius 1 is 0.403 bits per heavy atom. The fourth-order valence-electron chi connectivity index (χ4n) is 18.3. The van der Waals surface area contributed by atoms with E-state index in [9.17, 15) is 14.4 Å². The van der Waals surface area contributed by atoms with E-state index in [1.165, 1.54) is 35.6 Å². The first-order valence-electron chi connectivity index (χ1n) is 43.8. The van der Waals surface area contributed by atoms with Crippen LogP contribution in [0.5, 0.6) is 17.2 Å². The lowest BCUT2D eigenvalue weighted by molar-refractivity contribution is -0.139. The van der Waals surface area contributed by atoms with Crippen LogP contribution in [0.3, 0.4) is 0 Å². The van der Waals surface area contributed by atoms with Crippen LogP contribution in [-0.4, -0.2) is 102 Å². The van der Waals surface area contributed by atoms with Crippen LogP contribution in [0.1, 0.15) is 168 Å². The molecule has 18 heteroatoms. The molecule has 0 fully saturated rings. The van der Waals surface area contributed by atoms with Crippen LogP contribution in [0, 0.1) is 38.0 Å². The highest BCUT2D eigenvalue weighted by Gasteiger charge is 2.36. The Morgan fingerprint density at radius 3 is 1.12 bits per heavy atom. The van der Waals surface area contributed by atoms with Crippen molar-refractivity contribution in [2.75, 3.05) is 32.2 Å². The second-order valence-electron chi connectivity index (χ2n) is 36.4. The van der Waals surface area contributed by atoms with Crippen LogP contribution in [0.4, 0.5) is 5.69 Å². The molecule has 5 aromatic heterocycles. The zero-order chi connectivity index (χ0) is 90.5. The molecule has 0 unspecified atom stereocenters. The molecule has 18 nitrogen and oxygen atoms in total. The second-order valence-corrected chi connectivity index (χ2v) is 36.4. The zero-order valence-electron chi connectivity index (χ0n) is 75.7. The molecule has 0 amide bonds. The maximum atomic E-state index is 13.3. The molecule has 0 aliphatic carbocycles. The highest BCUT2D eigenvalue weighted by molar-refractivity contribution is 6.13. The van der Waals surface area contributed by atoms with Crippen molar-refractivity contribution in [3.05, 3.63) is 293 Å². The molecule has 0 bridgehead atoms. The van der Waals surface area contributed by atoms with E-state index in [1.807, 2.05) is 144 Å². The number of ether oxygens (including phenoxy) is 6. The summed E-state index contributed by atoms with van der Waals surface area (Å²) in [5, 5.41) is 20.4. The first kappa shape index (κ1) is 87.0. The molecule has 0 spiro atoms. The number of ketones is 3. The van der Waals surface area contributed by atoms with Gasteiger partial charge in [-0.3, -0.25) is 29.3 Å². The number of aromatic nitrogens is 7.